The van der Waals surface area contributed by atoms with E-state index >= 15 is 0 Å². The molecule has 4 bridgehead atoms. The van der Waals surface area contributed by atoms with Gasteiger partial charge in [0.25, 0.3) is 5.91 Å². The molecule has 0 spiro atoms. The number of alkyl carbamates (subject to hydrolysis) is 1. The molecule has 4 aliphatic rings. The number of carbonyl (C=O) groups is 5. The number of fused-ring (bicyclic) bond motifs is 3. The van der Waals surface area contributed by atoms with Crippen molar-refractivity contribution in [3.05, 3.63) is 35.5 Å². The Morgan fingerprint density at radius 2 is 1.83 bits per heavy atom. The summed E-state index contributed by atoms with van der Waals surface area (Å²) in [6.45, 7) is 11.2. The molecule has 3 heterocycles. The number of aryl methyl sites for hydroxylation is 1. The topological polar surface area (TPSA) is 193 Å². The van der Waals surface area contributed by atoms with Crippen molar-refractivity contribution in [2.24, 2.45) is 16.7 Å². The van der Waals surface area contributed by atoms with Gasteiger partial charge in [0.1, 0.15) is 29.4 Å². The summed E-state index contributed by atoms with van der Waals surface area (Å²) in [7, 11) is -3.88. The van der Waals surface area contributed by atoms with E-state index in [0.717, 1.165) is 42.1 Å². The van der Waals surface area contributed by atoms with Gasteiger partial charge in [-0.2, -0.15) is 0 Å². The number of nitrogens with zero attached hydrogens (tertiary/aromatic N) is 1. The molecule has 1 aromatic carbocycles. The average Bonchev–Trinajstić information content (AvgIpc) is 3.97. The number of esters is 1. The number of carbonyl (C=O) groups excluding carboxylic acids is 5. The first-order valence-corrected chi connectivity index (χ1v) is 20.3. The van der Waals surface area contributed by atoms with Gasteiger partial charge >= 0.3 is 12.1 Å². The zero-order valence-corrected chi connectivity index (χ0v) is 32.3. The first-order valence-electron chi connectivity index (χ1n) is 18.8. The lowest BCUT2D eigenvalue weighted by Crippen LogP contribution is -2.60. The Morgan fingerprint density at radius 3 is 2.49 bits per heavy atom. The Bertz CT molecular complexity index is 1900. The van der Waals surface area contributed by atoms with Crippen LogP contribution in [0.5, 0.6) is 0 Å². The maximum Gasteiger partial charge on any atom is 0.407 e. The van der Waals surface area contributed by atoms with Crippen LogP contribution in [0, 0.1) is 16.7 Å². The predicted molar refractivity (Wildman–Crippen MR) is 196 cm³/mol. The van der Waals surface area contributed by atoms with Crippen LogP contribution in [-0.2, 0) is 40.3 Å². The van der Waals surface area contributed by atoms with Crippen molar-refractivity contribution in [1.29, 1.82) is 0 Å². The monoisotopic (exact) mass is 755 g/mol. The number of hydrogen-bond acceptors (Lipinski definition) is 9. The lowest BCUT2D eigenvalue weighted by Gasteiger charge is -2.35. The molecule has 2 aliphatic heterocycles. The van der Waals surface area contributed by atoms with Crippen molar-refractivity contribution in [3.8, 4) is 0 Å². The van der Waals surface area contributed by atoms with Crippen LogP contribution in [-0.4, -0.2) is 90.2 Å². The molecule has 5 atom stereocenters. The smallest absolute Gasteiger partial charge is 0.407 e. The van der Waals surface area contributed by atoms with Crippen molar-refractivity contribution in [1.82, 2.24) is 25.2 Å². The van der Waals surface area contributed by atoms with Gasteiger partial charge in [0.15, 0.2) is 0 Å². The van der Waals surface area contributed by atoms with Crippen LogP contribution in [0.2, 0.25) is 0 Å². The van der Waals surface area contributed by atoms with E-state index in [0.29, 0.717) is 19.3 Å². The highest BCUT2D eigenvalue weighted by atomic mass is 32.2. The highest BCUT2D eigenvalue weighted by Crippen LogP contribution is 2.47. The van der Waals surface area contributed by atoms with Crippen LogP contribution in [0.15, 0.2) is 24.3 Å². The van der Waals surface area contributed by atoms with Crippen LogP contribution < -0.4 is 15.4 Å². The molecule has 15 heteroatoms. The van der Waals surface area contributed by atoms with E-state index in [9.17, 15) is 32.4 Å². The third kappa shape index (κ3) is 8.34. The van der Waals surface area contributed by atoms with E-state index in [4.69, 9.17) is 9.47 Å². The van der Waals surface area contributed by atoms with Gasteiger partial charge in [0.2, 0.25) is 21.8 Å². The third-order valence-electron chi connectivity index (χ3n) is 11.2. The Kier molecular flexibility index (Phi) is 10.4. The lowest BCUT2D eigenvalue weighted by atomic mass is 9.85. The number of aromatic amines is 1. The predicted octanol–water partition coefficient (Wildman–Crippen LogP) is 4.08. The Hall–Kier alpha value is -4.14. The summed E-state index contributed by atoms with van der Waals surface area (Å²) >= 11 is 0. The van der Waals surface area contributed by atoms with Gasteiger partial charge in [-0.15, -0.1) is 0 Å². The molecule has 2 aromatic rings. The average molecular weight is 756 g/mol. The Labute approximate surface area is 310 Å². The normalized spacial score (nSPS) is 28.5. The van der Waals surface area contributed by atoms with Crippen molar-refractivity contribution in [2.75, 3.05) is 13.2 Å². The van der Waals surface area contributed by atoms with Gasteiger partial charge in [-0.1, -0.05) is 66.5 Å². The summed E-state index contributed by atoms with van der Waals surface area (Å²) in [5, 5.41) is 5.83. The summed E-state index contributed by atoms with van der Waals surface area (Å²) in [6.07, 6.45) is 3.26. The summed E-state index contributed by atoms with van der Waals surface area (Å²) in [5.74, 6) is -3.03. The van der Waals surface area contributed by atoms with E-state index in [1.807, 2.05) is 39.0 Å². The van der Waals surface area contributed by atoms with Gasteiger partial charge in [-0.3, -0.25) is 19.1 Å². The van der Waals surface area contributed by atoms with Crippen LogP contribution in [0.1, 0.15) is 109 Å². The first kappa shape index (κ1) is 38.6. The van der Waals surface area contributed by atoms with Gasteiger partial charge in [0, 0.05) is 17.3 Å². The highest BCUT2D eigenvalue weighted by Gasteiger charge is 2.62. The minimum atomic E-state index is -3.88. The number of amides is 4. The van der Waals surface area contributed by atoms with Gasteiger partial charge in [-0.25, -0.2) is 18.0 Å². The quantitative estimate of drug-likeness (QED) is 0.315. The number of hydrogen-bond donors (Lipinski definition) is 4. The maximum absolute atomic E-state index is 14.5. The Morgan fingerprint density at radius 1 is 1.09 bits per heavy atom. The summed E-state index contributed by atoms with van der Waals surface area (Å²) in [4.78, 5) is 73.5. The molecule has 53 heavy (non-hydrogen) atoms. The van der Waals surface area contributed by atoms with Gasteiger partial charge < -0.3 is 30.0 Å². The van der Waals surface area contributed by atoms with E-state index < -0.39 is 74.2 Å². The maximum atomic E-state index is 14.5. The SMILES string of the molecule is CC[C@@H]1CC1(NC(=O)[C@@H]1C[C@@H]2CN1C(=O)[C@H](C(C)(C)C)NC(=O)OCC(C)(C)CCCCc1cccc3[nH]c(cc13)C(=O)O2)C(=O)NS(=O)(=O)C1CC1. The lowest BCUT2D eigenvalue weighted by molar-refractivity contribution is -0.143. The first-order chi connectivity index (χ1) is 24.8. The number of nitrogens with one attached hydrogen (secondary N) is 4. The number of H-pyrrole nitrogens is 1. The van der Waals surface area contributed by atoms with Crippen LogP contribution in [0.25, 0.3) is 10.9 Å². The fourth-order valence-corrected chi connectivity index (χ4v) is 9.02. The zero-order chi connectivity index (χ0) is 38.5. The zero-order valence-electron chi connectivity index (χ0n) is 31.5. The van der Waals surface area contributed by atoms with E-state index in [-0.39, 0.29) is 43.0 Å². The highest BCUT2D eigenvalue weighted by molar-refractivity contribution is 7.91. The van der Waals surface area contributed by atoms with E-state index in [1.165, 1.54) is 4.90 Å². The number of ether oxygens (including phenoxy) is 2. The molecule has 6 rings (SSSR count). The number of benzene rings is 1. The van der Waals surface area contributed by atoms with Crippen molar-refractivity contribution >= 4 is 50.7 Å². The molecule has 1 unspecified atom stereocenters. The summed E-state index contributed by atoms with van der Waals surface area (Å²) in [5.41, 5.74) is -0.529. The Balaban J connectivity index is 1.31. The van der Waals surface area contributed by atoms with Crippen LogP contribution in [0.4, 0.5) is 4.79 Å². The van der Waals surface area contributed by atoms with Crippen LogP contribution in [0.3, 0.4) is 0 Å². The molecule has 4 N–H and O–H groups in total. The van der Waals surface area contributed by atoms with E-state index in [2.05, 4.69) is 20.3 Å². The van der Waals surface area contributed by atoms with Gasteiger partial charge in [-0.05, 0) is 73.0 Å². The van der Waals surface area contributed by atoms with Crippen molar-refractivity contribution in [3.63, 3.8) is 0 Å². The minimum Gasteiger partial charge on any atom is -0.456 e. The largest absolute Gasteiger partial charge is 0.456 e. The molecule has 1 aromatic heterocycles. The second-order valence-corrected chi connectivity index (χ2v) is 19.1. The fourth-order valence-electron chi connectivity index (χ4n) is 7.66. The summed E-state index contributed by atoms with van der Waals surface area (Å²) in [6, 6.07) is 5.29. The van der Waals surface area contributed by atoms with Crippen LogP contribution >= 0.6 is 0 Å². The third-order valence-corrected chi connectivity index (χ3v) is 13.0. The fraction of sp³-hybridized carbons (Fsp3) is 0.658. The number of cyclic esters (lactones) is 1. The second-order valence-electron chi connectivity index (χ2n) is 17.2. The molecular formula is C38H53N5O9S. The molecule has 2 saturated carbocycles. The van der Waals surface area contributed by atoms with E-state index in [1.54, 1.807) is 26.8 Å². The summed E-state index contributed by atoms with van der Waals surface area (Å²) < 4.78 is 39.2. The molecule has 1 saturated heterocycles. The number of rotatable bonds is 6. The number of sulfonamides is 1. The minimum absolute atomic E-state index is 0.0842. The molecular weight excluding hydrogens is 703 g/mol. The molecule has 290 valence electrons. The standard InChI is InChI=1S/C38H53N5O9S/c1-7-23-19-38(23,34(47)42-53(49,50)25-14-15-25)41-31(44)29-17-24-20-43(29)32(45)30(36(2,3)4)40-35(48)51-21-37(5,6)16-9-8-11-22-12-10-13-27-26(22)18-28(39-27)33(46)52-24/h10,12-13,18,23-25,29-30,39H,7-9,11,14-17,19-21H2,1-6H3,(H,40,48)(H,41,44)(H,42,47)/t23-,24-,29+,30-,38?/m1/s1. The molecule has 0 radical (unpaired) electrons. The molecule has 14 nitrogen and oxygen atoms in total. The molecule has 4 amide bonds. The van der Waals surface area contributed by atoms with Crippen molar-refractivity contribution in [2.45, 2.75) is 128 Å². The molecule has 3 fully saturated rings. The second kappa shape index (κ2) is 14.3. The molecule has 2 aliphatic carbocycles. The number of aromatic nitrogens is 1. The van der Waals surface area contributed by atoms with Crippen molar-refractivity contribution < 1.29 is 41.9 Å². The van der Waals surface area contributed by atoms with Gasteiger partial charge in [0.05, 0.1) is 18.4 Å².